The number of aromatic amines is 1. The van der Waals surface area contributed by atoms with Crippen LogP contribution in [-0.2, 0) is 6.54 Å². The lowest BCUT2D eigenvalue weighted by molar-refractivity contribution is 0.370. The summed E-state index contributed by atoms with van der Waals surface area (Å²) in [5, 5.41) is 10.1. The molecule has 23 heavy (non-hydrogen) atoms. The third kappa shape index (κ3) is 3.89. The largest absolute Gasteiger partial charge is 0.481 e. The van der Waals surface area contributed by atoms with Crippen LogP contribution >= 0.6 is 0 Å². The van der Waals surface area contributed by atoms with E-state index >= 15 is 0 Å². The van der Waals surface area contributed by atoms with Gasteiger partial charge in [-0.2, -0.15) is 5.10 Å². The molecule has 0 atom stereocenters. The summed E-state index contributed by atoms with van der Waals surface area (Å²) in [4.78, 5) is 4.16. The van der Waals surface area contributed by atoms with E-state index in [1.165, 1.54) is 6.33 Å². The van der Waals surface area contributed by atoms with Crippen LogP contribution in [-0.4, -0.2) is 21.8 Å². The van der Waals surface area contributed by atoms with Crippen LogP contribution in [0, 0.1) is 12.3 Å². The molecule has 0 fully saturated rings. The van der Waals surface area contributed by atoms with Crippen LogP contribution in [0.2, 0.25) is 0 Å². The van der Waals surface area contributed by atoms with Crippen LogP contribution in [0.15, 0.2) is 54.9 Å². The number of rotatable bonds is 6. The van der Waals surface area contributed by atoms with Gasteiger partial charge in [0.05, 0.1) is 0 Å². The summed E-state index contributed by atoms with van der Waals surface area (Å²) < 4.78 is 5.36. The molecule has 114 valence electrons. The maximum atomic E-state index is 5.36. The molecular weight excluding hydrogens is 288 g/mol. The predicted molar refractivity (Wildman–Crippen MR) is 89.9 cm³/mol. The van der Waals surface area contributed by atoms with Crippen LogP contribution in [0.25, 0.3) is 11.4 Å². The van der Waals surface area contributed by atoms with E-state index in [-0.39, 0.29) is 6.61 Å². The van der Waals surface area contributed by atoms with Crippen molar-refractivity contribution in [3.63, 3.8) is 0 Å². The predicted octanol–water partition coefficient (Wildman–Crippen LogP) is 3.10. The average molecular weight is 304 g/mol. The van der Waals surface area contributed by atoms with Crippen molar-refractivity contribution in [1.29, 1.82) is 0 Å². The Bertz CT molecular complexity index is 789. The van der Waals surface area contributed by atoms with Gasteiger partial charge in [-0.05, 0) is 29.8 Å². The zero-order valence-corrected chi connectivity index (χ0v) is 12.5. The Kier molecular flexibility index (Phi) is 4.55. The van der Waals surface area contributed by atoms with Gasteiger partial charge >= 0.3 is 0 Å². The highest BCUT2D eigenvalue weighted by Crippen LogP contribution is 2.19. The van der Waals surface area contributed by atoms with Gasteiger partial charge in [-0.1, -0.05) is 30.2 Å². The Morgan fingerprint density at radius 3 is 2.78 bits per heavy atom. The number of terminal acetylenes is 1. The number of hydrogen-bond acceptors (Lipinski definition) is 4. The Balaban J connectivity index is 1.62. The molecule has 0 aliphatic rings. The summed E-state index contributed by atoms with van der Waals surface area (Å²) in [6.07, 6.45) is 6.67. The molecule has 0 aliphatic carbocycles. The quantitative estimate of drug-likeness (QED) is 0.687. The molecule has 1 heterocycles. The first-order valence-electron chi connectivity index (χ1n) is 7.20. The molecule has 1 aromatic heterocycles. The van der Waals surface area contributed by atoms with E-state index in [4.69, 9.17) is 11.2 Å². The van der Waals surface area contributed by atoms with E-state index in [0.29, 0.717) is 0 Å². The van der Waals surface area contributed by atoms with Gasteiger partial charge in [-0.3, -0.25) is 5.10 Å². The van der Waals surface area contributed by atoms with Crippen molar-refractivity contribution in [2.75, 3.05) is 11.9 Å². The molecule has 0 bridgehead atoms. The van der Waals surface area contributed by atoms with Crippen LogP contribution in [0.3, 0.4) is 0 Å². The van der Waals surface area contributed by atoms with E-state index in [9.17, 15) is 0 Å². The van der Waals surface area contributed by atoms with Crippen molar-refractivity contribution >= 4 is 5.69 Å². The van der Waals surface area contributed by atoms with Crippen molar-refractivity contribution in [2.45, 2.75) is 6.54 Å². The molecule has 2 N–H and O–H groups in total. The smallest absolute Gasteiger partial charge is 0.155 e. The molecule has 0 radical (unpaired) electrons. The standard InChI is InChI=1S/C18H16N4O/c1-2-10-23-17-8-6-14(7-9-17)12-19-16-5-3-4-15(11-16)18-20-13-21-22-18/h1,3-9,11,13,19H,10,12H2,(H,20,21,22). The number of nitrogens with zero attached hydrogens (tertiary/aromatic N) is 2. The fourth-order valence-electron chi connectivity index (χ4n) is 2.15. The van der Waals surface area contributed by atoms with Gasteiger partial charge in [0.15, 0.2) is 5.82 Å². The minimum absolute atomic E-state index is 0.284. The SMILES string of the molecule is C#CCOc1ccc(CNc2cccc(-c3ncn[nH]3)c2)cc1. The highest BCUT2D eigenvalue weighted by Gasteiger charge is 2.02. The van der Waals surface area contributed by atoms with Crippen molar-refractivity contribution in [3.05, 3.63) is 60.4 Å². The van der Waals surface area contributed by atoms with Gasteiger partial charge in [0.2, 0.25) is 0 Å². The first-order chi connectivity index (χ1) is 11.3. The number of ether oxygens (including phenoxy) is 1. The third-order valence-corrected chi connectivity index (χ3v) is 3.29. The molecule has 5 heteroatoms. The molecule has 0 aliphatic heterocycles. The number of anilines is 1. The van der Waals surface area contributed by atoms with E-state index < -0.39 is 0 Å². The van der Waals surface area contributed by atoms with Crippen molar-refractivity contribution < 1.29 is 4.74 Å². The van der Waals surface area contributed by atoms with Crippen LogP contribution in [0.4, 0.5) is 5.69 Å². The molecule has 0 saturated heterocycles. The van der Waals surface area contributed by atoms with E-state index in [0.717, 1.165) is 34.9 Å². The van der Waals surface area contributed by atoms with E-state index in [1.54, 1.807) is 0 Å². The van der Waals surface area contributed by atoms with Gasteiger partial charge < -0.3 is 10.1 Å². The summed E-state index contributed by atoms with van der Waals surface area (Å²) >= 11 is 0. The topological polar surface area (TPSA) is 62.8 Å². The molecule has 0 unspecified atom stereocenters. The second kappa shape index (κ2) is 7.14. The minimum atomic E-state index is 0.284. The zero-order chi connectivity index (χ0) is 15.9. The van der Waals surface area contributed by atoms with E-state index in [1.807, 2.05) is 48.5 Å². The fraction of sp³-hybridized carbons (Fsp3) is 0.111. The molecule has 0 spiro atoms. The molecule has 5 nitrogen and oxygen atoms in total. The summed E-state index contributed by atoms with van der Waals surface area (Å²) in [5.41, 5.74) is 3.17. The molecule has 0 amide bonds. The second-order valence-corrected chi connectivity index (χ2v) is 4.91. The van der Waals surface area contributed by atoms with Crippen LogP contribution < -0.4 is 10.1 Å². The Morgan fingerprint density at radius 1 is 1.17 bits per heavy atom. The molecule has 2 aromatic carbocycles. The third-order valence-electron chi connectivity index (χ3n) is 3.29. The monoisotopic (exact) mass is 304 g/mol. The first kappa shape index (κ1) is 14.7. The molecule has 3 rings (SSSR count). The first-order valence-corrected chi connectivity index (χ1v) is 7.20. The fourth-order valence-corrected chi connectivity index (χ4v) is 2.15. The minimum Gasteiger partial charge on any atom is -0.481 e. The van der Waals surface area contributed by atoms with Crippen molar-refractivity contribution in [3.8, 4) is 29.5 Å². The van der Waals surface area contributed by atoms with Gasteiger partial charge in [-0.25, -0.2) is 4.98 Å². The van der Waals surface area contributed by atoms with E-state index in [2.05, 4.69) is 26.4 Å². The lowest BCUT2D eigenvalue weighted by Crippen LogP contribution is -2.00. The molecular formula is C18H16N4O. The maximum absolute atomic E-state index is 5.36. The zero-order valence-electron chi connectivity index (χ0n) is 12.5. The lowest BCUT2D eigenvalue weighted by atomic mass is 10.1. The number of benzene rings is 2. The second-order valence-electron chi connectivity index (χ2n) is 4.91. The van der Waals surface area contributed by atoms with Gasteiger partial charge in [0.1, 0.15) is 18.7 Å². The van der Waals surface area contributed by atoms with Crippen LogP contribution in [0.1, 0.15) is 5.56 Å². The number of nitrogens with one attached hydrogen (secondary N) is 2. The van der Waals surface area contributed by atoms with Gasteiger partial charge in [0, 0.05) is 17.8 Å². The summed E-state index contributed by atoms with van der Waals surface area (Å²) in [6.45, 7) is 1.00. The Labute approximate surface area is 134 Å². The van der Waals surface area contributed by atoms with Crippen molar-refractivity contribution in [1.82, 2.24) is 15.2 Å². The highest BCUT2D eigenvalue weighted by molar-refractivity contribution is 5.62. The normalized spacial score (nSPS) is 10.0. The van der Waals surface area contributed by atoms with Gasteiger partial charge in [0.25, 0.3) is 0 Å². The van der Waals surface area contributed by atoms with Crippen molar-refractivity contribution in [2.24, 2.45) is 0 Å². The number of H-pyrrole nitrogens is 1. The lowest BCUT2D eigenvalue weighted by Gasteiger charge is -2.09. The summed E-state index contributed by atoms with van der Waals surface area (Å²) in [5.74, 6) is 3.98. The summed E-state index contributed by atoms with van der Waals surface area (Å²) in [6, 6.07) is 15.9. The number of aromatic nitrogens is 3. The highest BCUT2D eigenvalue weighted by atomic mass is 16.5. The number of hydrogen-bond donors (Lipinski definition) is 2. The average Bonchev–Trinajstić information content (AvgIpc) is 3.14. The Morgan fingerprint density at radius 2 is 2.04 bits per heavy atom. The maximum Gasteiger partial charge on any atom is 0.155 e. The molecule has 3 aromatic rings. The van der Waals surface area contributed by atoms with Crippen LogP contribution in [0.5, 0.6) is 5.75 Å². The molecule has 0 saturated carbocycles. The van der Waals surface area contributed by atoms with Gasteiger partial charge in [-0.15, -0.1) is 6.42 Å². The summed E-state index contributed by atoms with van der Waals surface area (Å²) in [7, 11) is 0. The Hall–Kier alpha value is -3.26.